The highest BCUT2D eigenvalue weighted by Gasteiger charge is 2.20. The van der Waals surface area contributed by atoms with E-state index in [2.05, 4.69) is 24.1 Å². The van der Waals surface area contributed by atoms with Crippen LogP contribution in [0, 0.1) is 0 Å². The van der Waals surface area contributed by atoms with Crippen molar-refractivity contribution in [2.75, 3.05) is 26.6 Å². The number of rotatable bonds is 7. The van der Waals surface area contributed by atoms with Gasteiger partial charge in [0.05, 0.1) is 26.9 Å². The Bertz CT molecular complexity index is 994. The van der Waals surface area contributed by atoms with Gasteiger partial charge in [0.2, 0.25) is 5.75 Å². The third kappa shape index (κ3) is 4.03. The number of methoxy groups -OCH3 is 3. The molecule has 0 saturated carbocycles. The second-order valence-electron chi connectivity index (χ2n) is 6.69. The van der Waals surface area contributed by atoms with Gasteiger partial charge in [-0.25, -0.2) is 4.98 Å². The van der Waals surface area contributed by atoms with Crippen molar-refractivity contribution in [2.24, 2.45) is 0 Å². The standard InChI is InChI=1S/C22H25N3O4/c1-14(2)21-23-12-13-25(21)16-8-6-15(7-9-16)24-22(26)17-10-11-18(27-3)20(29-5)19(17)28-4/h6-14H,1-5H3,(H,24,26). The van der Waals surface area contributed by atoms with Crippen LogP contribution in [0.25, 0.3) is 5.69 Å². The molecule has 29 heavy (non-hydrogen) atoms. The number of nitrogens with one attached hydrogen (secondary N) is 1. The van der Waals surface area contributed by atoms with Gasteiger partial charge in [-0.1, -0.05) is 13.8 Å². The first-order chi connectivity index (χ1) is 14.0. The Balaban J connectivity index is 1.84. The van der Waals surface area contributed by atoms with Gasteiger partial charge >= 0.3 is 0 Å². The molecule has 1 aromatic heterocycles. The number of hydrogen-bond acceptors (Lipinski definition) is 5. The molecule has 2 aromatic carbocycles. The van der Waals surface area contributed by atoms with Crippen molar-refractivity contribution in [1.82, 2.24) is 9.55 Å². The van der Waals surface area contributed by atoms with Gasteiger partial charge in [0.1, 0.15) is 5.82 Å². The lowest BCUT2D eigenvalue weighted by molar-refractivity contribution is 0.102. The van der Waals surface area contributed by atoms with Gasteiger partial charge in [-0.2, -0.15) is 0 Å². The van der Waals surface area contributed by atoms with E-state index in [0.29, 0.717) is 34.4 Å². The molecule has 7 nitrogen and oxygen atoms in total. The molecule has 0 atom stereocenters. The summed E-state index contributed by atoms with van der Waals surface area (Å²) in [7, 11) is 4.52. The number of amides is 1. The maximum Gasteiger partial charge on any atom is 0.259 e. The summed E-state index contributed by atoms with van der Waals surface area (Å²) in [5, 5.41) is 2.89. The van der Waals surface area contributed by atoms with Crippen LogP contribution in [0.4, 0.5) is 5.69 Å². The second kappa shape index (κ2) is 8.68. The van der Waals surface area contributed by atoms with Gasteiger partial charge in [0.15, 0.2) is 11.5 Å². The Labute approximate surface area is 170 Å². The molecule has 1 heterocycles. The van der Waals surface area contributed by atoms with Crippen LogP contribution in [0.15, 0.2) is 48.8 Å². The minimum absolute atomic E-state index is 0.305. The molecule has 0 unspecified atom stereocenters. The van der Waals surface area contributed by atoms with Crippen molar-refractivity contribution in [3.63, 3.8) is 0 Å². The fourth-order valence-electron chi connectivity index (χ4n) is 3.14. The molecule has 1 N–H and O–H groups in total. The molecule has 0 aliphatic carbocycles. The molecular weight excluding hydrogens is 370 g/mol. The third-order valence-electron chi connectivity index (χ3n) is 4.54. The van der Waals surface area contributed by atoms with Crippen LogP contribution in [0.2, 0.25) is 0 Å². The molecule has 0 aliphatic heterocycles. The van der Waals surface area contributed by atoms with Crippen LogP contribution in [0.3, 0.4) is 0 Å². The van der Waals surface area contributed by atoms with E-state index in [9.17, 15) is 4.79 Å². The van der Waals surface area contributed by atoms with Crippen LogP contribution in [-0.4, -0.2) is 36.8 Å². The summed E-state index contributed by atoms with van der Waals surface area (Å²) in [6.45, 7) is 4.20. The van der Waals surface area contributed by atoms with Crippen molar-refractivity contribution in [2.45, 2.75) is 19.8 Å². The van der Waals surface area contributed by atoms with E-state index >= 15 is 0 Å². The average molecular weight is 395 g/mol. The normalized spacial score (nSPS) is 10.7. The minimum atomic E-state index is -0.305. The highest BCUT2D eigenvalue weighted by molar-refractivity contribution is 6.07. The predicted molar refractivity (Wildman–Crippen MR) is 112 cm³/mol. The van der Waals surface area contributed by atoms with Crippen molar-refractivity contribution < 1.29 is 19.0 Å². The Morgan fingerprint density at radius 3 is 2.24 bits per heavy atom. The molecule has 152 valence electrons. The summed E-state index contributed by atoms with van der Waals surface area (Å²) in [6, 6.07) is 10.9. The largest absolute Gasteiger partial charge is 0.493 e. The van der Waals surface area contributed by atoms with Crippen molar-refractivity contribution in [3.05, 3.63) is 60.2 Å². The van der Waals surface area contributed by atoms with Crippen molar-refractivity contribution in [1.29, 1.82) is 0 Å². The van der Waals surface area contributed by atoms with E-state index in [0.717, 1.165) is 11.5 Å². The van der Waals surface area contributed by atoms with Gasteiger partial charge in [0, 0.05) is 29.7 Å². The van der Waals surface area contributed by atoms with E-state index in [1.165, 1.54) is 21.3 Å². The fourth-order valence-corrected chi connectivity index (χ4v) is 3.14. The van der Waals surface area contributed by atoms with E-state index in [4.69, 9.17) is 14.2 Å². The summed E-state index contributed by atoms with van der Waals surface area (Å²) in [5.74, 6) is 2.17. The van der Waals surface area contributed by atoms with E-state index in [1.807, 2.05) is 35.0 Å². The number of benzene rings is 2. The fraction of sp³-hybridized carbons (Fsp3) is 0.273. The number of hydrogen-bond donors (Lipinski definition) is 1. The predicted octanol–water partition coefficient (Wildman–Crippen LogP) is 4.27. The van der Waals surface area contributed by atoms with E-state index < -0.39 is 0 Å². The molecule has 7 heteroatoms. The quantitative estimate of drug-likeness (QED) is 0.646. The molecule has 1 amide bonds. The number of anilines is 1. The number of ether oxygens (including phenoxy) is 3. The van der Waals surface area contributed by atoms with Crippen molar-refractivity contribution in [3.8, 4) is 22.9 Å². The zero-order valence-corrected chi connectivity index (χ0v) is 17.2. The number of imidazole rings is 1. The molecule has 0 saturated heterocycles. The molecule has 0 radical (unpaired) electrons. The topological polar surface area (TPSA) is 74.6 Å². The molecule has 0 spiro atoms. The Kier molecular flexibility index (Phi) is 6.07. The smallest absolute Gasteiger partial charge is 0.259 e. The number of carbonyl (C=O) groups excluding carboxylic acids is 1. The lowest BCUT2D eigenvalue weighted by Crippen LogP contribution is -2.14. The first kappa shape index (κ1) is 20.3. The van der Waals surface area contributed by atoms with Crippen molar-refractivity contribution >= 4 is 11.6 Å². The van der Waals surface area contributed by atoms with Crippen LogP contribution in [0.1, 0.15) is 35.9 Å². The molecule has 0 aliphatic rings. The number of nitrogens with zero attached hydrogens (tertiary/aromatic N) is 2. The van der Waals surface area contributed by atoms with E-state index in [1.54, 1.807) is 18.3 Å². The minimum Gasteiger partial charge on any atom is -0.493 e. The zero-order chi connectivity index (χ0) is 21.0. The Morgan fingerprint density at radius 2 is 1.66 bits per heavy atom. The SMILES string of the molecule is COc1ccc(C(=O)Nc2ccc(-n3ccnc3C(C)C)cc2)c(OC)c1OC. The van der Waals surface area contributed by atoms with E-state index in [-0.39, 0.29) is 5.91 Å². The summed E-state index contributed by atoms with van der Waals surface area (Å²) in [5.41, 5.74) is 2.00. The highest BCUT2D eigenvalue weighted by atomic mass is 16.5. The Morgan fingerprint density at radius 1 is 0.966 bits per heavy atom. The number of aromatic nitrogens is 2. The molecule has 3 rings (SSSR count). The maximum atomic E-state index is 12.8. The van der Waals surface area contributed by atoms with Gasteiger partial charge in [-0.3, -0.25) is 4.79 Å². The van der Waals surface area contributed by atoms with Gasteiger partial charge in [-0.15, -0.1) is 0 Å². The highest BCUT2D eigenvalue weighted by Crippen LogP contribution is 2.40. The molecule has 0 bridgehead atoms. The van der Waals surface area contributed by atoms with Crippen LogP contribution >= 0.6 is 0 Å². The average Bonchev–Trinajstić information content (AvgIpc) is 3.23. The first-order valence-electron chi connectivity index (χ1n) is 9.24. The Hall–Kier alpha value is -3.48. The summed E-state index contributed by atoms with van der Waals surface area (Å²) < 4.78 is 18.0. The molecular formula is C22H25N3O4. The van der Waals surface area contributed by atoms with Crippen LogP contribution in [-0.2, 0) is 0 Å². The van der Waals surface area contributed by atoms with Gasteiger partial charge < -0.3 is 24.1 Å². The molecule has 0 fully saturated rings. The summed E-state index contributed by atoms with van der Waals surface area (Å²) in [4.78, 5) is 17.2. The summed E-state index contributed by atoms with van der Waals surface area (Å²) >= 11 is 0. The zero-order valence-electron chi connectivity index (χ0n) is 17.2. The lowest BCUT2D eigenvalue weighted by atomic mass is 10.1. The monoisotopic (exact) mass is 395 g/mol. The number of carbonyl (C=O) groups is 1. The van der Waals surface area contributed by atoms with Gasteiger partial charge in [-0.05, 0) is 36.4 Å². The second-order valence-corrected chi connectivity index (χ2v) is 6.69. The summed E-state index contributed by atoms with van der Waals surface area (Å²) in [6.07, 6.45) is 3.71. The lowest BCUT2D eigenvalue weighted by Gasteiger charge is -2.16. The van der Waals surface area contributed by atoms with Crippen LogP contribution in [0.5, 0.6) is 17.2 Å². The van der Waals surface area contributed by atoms with Crippen LogP contribution < -0.4 is 19.5 Å². The third-order valence-corrected chi connectivity index (χ3v) is 4.54. The van der Waals surface area contributed by atoms with Gasteiger partial charge in [0.25, 0.3) is 5.91 Å². The molecule has 3 aromatic rings. The first-order valence-corrected chi connectivity index (χ1v) is 9.24. The maximum absolute atomic E-state index is 12.8.